The average Bonchev–Trinajstić information content (AvgIpc) is 2.15. The van der Waals surface area contributed by atoms with Gasteiger partial charge in [0.15, 0.2) is 0 Å². The minimum Gasteiger partial charge on any atom is -0.398 e. The monoisotopic (exact) mass is 223 g/mol. The van der Waals surface area contributed by atoms with E-state index in [1.807, 2.05) is 6.55 Å². The first-order valence-electron chi connectivity index (χ1n) is 3.85. The van der Waals surface area contributed by atoms with Gasteiger partial charge in [-0.05, 0) is 31.2 Å². The van der Waals surface area contributed by atoms with E-state index < -0.39 is 8.56 Å². The van der Waals surface area contributed by atoms with Crippen LogP contribution in [-0.2, 0) is 8.85 Å². The van der Waals surface area contributed by atoms with Gasteiger partial charge in [0.25, 0.3) is 0 Å². The predicted molar refractivity (Wildman–Crippen MR) is 57.5 cm³/mol. The lowest BCUT2D eigenvalue weighted by molar-refractivity contribution is 0.238. The molecule has 0 unspecified atom stereocenters. The van der Waals surface area contributed by atoms with E-state index in [0.717, 1.165) is 12.5 Å². The Labute approximate surface area is 85.6 Å². The second-order valence-corrected chi connectivity index (χ2v) is 6.26. The zero-order valence-electron chi connectivity index (χ0n) is 8.29. The topological polar surface area (TPSA) is 62.5 Å². The first-order chi connectivity index (χ1) is 6.10. The number of aliphatic hydroxyl groups is 1. The van der Waals surface area contributed by atoms with E-state index in [9.17, 15) is 0 Å². The van der Waals surface area contributed by atoms with Gasteiger partial charge in [0.2, 0.25) is 0 Å². The molecule has 0 aliphatic heterocycles. The molecule has 0 spiro atoms. The first kappa shape index (κ1) is 15.4. The van der Waals surface area contributed by atoms with Gasteiger partial charge >= 0.3 is 8.56 Å². The Morgan fingerprint density at radius 3 is 2.08 bits per heavy atom. The van der Waals surface area contributed by atoms with E-state index in [4.69, 9.17) is 19.4 Å². The van der Waals surface area contributed by atoms with Gasteiger partial charge in [-0.3, -0.25) is 0 Å². The van der Waals surface area contributed by atoms with Gasteiger partial charge in [-0.2, -0.15) is 0 Å². The lowest BCUT2D eigenvalue weighted by Crippen LogP contribution is -2.35. The van der Waals surface area contributed by atoms with E-state index in [1.54, 1.807) is 19.4 Å². The van der Waals surface area contributed by atoms with Gasteiger partial charge < -0.3 is 14.0 Å². The summed E-state index contributed by atoms with van der Waals surface area (Å²) in [5, 5.41) is 15.9. The Kier molecular flexibility index (Phi) is 11.8. The van der Waals surface area contributed by atoms with E-state index >= 15 is 0 Å². The second kappa shape index (κ2) is 9.98. The zero-order valence-corrected chi connectivity index (χ0v) is 10.1. The van der Waals surface area contributed by atoms with Crippen molar-refractivity contribution in [3.8, 4) is 0 Å². The van der Waals surface area contributed by atoms with Crippen LogP contribution in [0.4, 0.5) is 0 Å². The third kappa shape index (κ3) is 9.81. The van der Waals surface area contributed by atoms with Crippen molar-refractivity contribution in [2.45, 2.75) is 19.0 Å². The molecule has 13 heavy (non-hydrogen) atoms. The molecule has 2 N–H and O–H groups in total. The Morgan fingerprint density at radius 1 is 1.46 bits per heavy atom. The predicted octanol–water partition coefficient (Wildman–Crippen LogP) is 1.40. The van der Waals surface area contributed by atoms with Crippen LogP contribution in [0.15, 0.2) is 0 Å². The van der Waals surface area contributed by atoms with Crippen LogP contribution in [0.3, 0.4) is 0 Å². The van der Waals surface area contributed by atoms with Crippen LogP contribution in [-0.4, -0.2) is 39.7 Å². The second-order valence-electron chi connectivity index (χ2n) is 2.47. The molecule has 0 aromatic carbocycles. The summed E-state index contributed by atoms with van der Waals surface area (Å²) in [6.45, 7) is 2.21. The molecule has 6 heteroatoms. The standard InChI is InChI=1S/C6H16O3Si.CHNS/c1-8-10(3,9-2)6-4-5-7;2-1-3/h7H,4-6H2,1-3H3;2H. The SMILES string of the molecule is CO[Si](C)(CCCO)OC.N=C=S. The molecular weight excluding hydrogens is 206 g/mol. The lowest BCUT2D eigenvalue weighted by Gasteiger charge is -2.21. The molecule has 0 fully saturated rings. The maximum Gasteiger partial charge on any atom is 0.334 e. The van der Waals surface area contributed by atoms with Crippen LogP contribution in [0.25, 0.3) is 0 Å². The smallest absolute Gasteiger partial charge is 0.334 e. The largest absolute Gasteiger partial charge is 0.398 e. The third-order valence-corrected chi connectivity index (χ3v) is 4.64. The van der Waals surface area contributed by atoms with E-state index in [1.165, 1.54) is 0 Å². The van der Waals surface area contributed by atoms with Gasteiger partial charge in [-0.15, -0.1) is 0 Å². The minimum atomic E-state index is -1.88. The van der Waals surface area contributed by atoms with Crippen LogP contribution < -0.4 is 0 Å². The van der Waals surface area contributed by atoms with Crippen LogP contribution in [0.1, 0.15) is 6.42 Å². The minimum absolute atomic E-state index is 0.218. The molecule has 0 aromatic rings. The molecule has 0 rings (SSSR count). The van der Waals surface area contributed by atoms with E-state index in [-0.39, 0.29) is 6.61 Å². The van der Waals surface area contributed by atoms with Gasteiger partial charge in [0.1, 0.15) is 0 Å². The zero-order chi connectivity index (χ0) is 10.7. The Balaban J connectivity index is 0. The van der Waals surface area contributed by atoms with E-state index in [2.05, 4.69) is 12.2 Å². The van der Waals surface area contributed by atoms with Crippen LogP contribution >= 0.6 is 12.2 Å². The Morgan fingerprint density at radius 2 is 1.85 bits per heavy atom. The fraction of sp³-hybridized carbons (Fsp3) is 0.857. The number of thiocarbonyl (C=S) groups is 1. The Hall–Kier alpha value is -0.103. The molecule has 4 nitrogen and oxygen atoms in total. The Bertz CT molecular complexity index is 147. The molecule has 0 saturated carbocycles. The number of nitrogens with one attached hydrogen (secondary N) is 1. The number of hydrogen-bond donors (Lipinski definition) is 2. The summed E-state index contributed by atoms with van der Waals surface area (Å²) in [5.41, 5.74) is 0. The maximum absolute atomic E-state index is 8.53. The molecule has 0 amide bonds. The number of hydrogen-bond acceptors (Lipinski definition) is 5. The number of aliphatic hydroxyl groups excluding tert-OH is 1. The van der Waals surface area contributed by atoms with Gasteiger partial charge in [0, 0.05) is 20.8 Å². The summed E-state index contributed by atoms with van der Waals surface area (Å²) < 4.78 is 10.4. The summed E-state index contributed by atoms with van der Waals surface area (Å²) in [6, 6.07) is 0.858. The van der Waals surface area contributed by atoms with E-state index in [0.29, 0.717) is 0 Å². The number of isothiocyanates is 1. The highest BCUT2D eigenvalue weighted by Crippen LogP contribution is 2.12. The summed E-state index contributed by atoms with van der Waals surface area (Å²) in [5.74, 6) is 0. The van der Waals surface area contributed by atoms with Crippen molar-refractivity contribution in [1.29, 1.82) is 5.41 Å². The fourth-order valence-corrected chi connectivity index (χ4v) is 2.06. The molecule has 0 radical (unpaired) electrons. The third-order valence-electron chi connectivity index (χ3n) is 1.65. The maximum atomic E-state index is 8.53. The van der Waals surface area contributed by atoms with Crippen LogP contribution in [0, 0.1) is 5.41 Å². The molecule has 0 aliphatic carbocycles. The van der Waals surface area contributed by atoms with Crippen molar-refractivity contribution in [2.75, 3.05) is 20.8 Å². The molecule has 0 atom stereocenters. The molecule has 0 bridgehead atoms. The molecule has 0 aromatic heterocycles. The lowest BCUT2D eigenvalue weighted by atomic mass is 10.5. The first-order valence-corrected chi connectivity index (χ1v) is 6.78. The molecule has 0 saturated heterocycles. The van der Waals surface area contributed by atoms with Crippen molar-refractivity contribution in [3.05, 3.63) is 0 Å². The summed E-state index contributed by atoms with van der Waals surface area (Å²) in [7, 11) is 1.44. The normalized spacial score (nSPS) is 9.85. The van der Waals surface area contributed by atoms with Crippen molar-refractivity contribution in [2.24, 2.45) is 0 Å². The van der Waals surface area contributed by atoms with Crippen molar-refractivity contribution < 1.29 is 14.0 Å². The summed E-state index contributed by atoms with van der Waals surface area (Å²) in [4.78, 5) is 0. The molecule has 78 valence electrons. The summed E-state index contributed by atoms with van der Waals surface area (Å²) in [6.07, 6.45) is 0.768. The van der Waals surface area contributed by atoms with Gasteiger partial charge in [0.05, 0.1) is 5.16 Å². The van der Waals surface area contributed by atoms with Gasteiger partial charge in [-0.25, -0.2) is 5.41 Å². The summed E-state index contributed by atoms with van der Waals surface area (Å²) >= 11 is 3.81. The number of rotatable bonds is 5. The van der Waals surface area contributed by atoms with Crippen molar-refractivity contribution in [3.63, 3.8) is 0 Å². The fourth-order valence-electron chi connectivity index (χ4n) is 0.688. The quantitative estimate of drug-likeness (QED) is 0.420. The highest BCUT2D eigenvalue weighted by atomic mass is 32.1. The molecule has 0 aliphatic rings. The highest BCUT2D eigenvalue weighted by Gasteiger charge is 2.27. The van der Waals surface area contributed by atoms with Gasteiger partial charge in [-0.1, -0.05) is 0 Å². The molecular formula is C7H17NO3SSi. The molecule has 0 heterocycles. The van der Waals surface area contributed by atoms with Crippen LogP contribution in [0.2, 0.25) is 12.6 Å². The van der Waals surface area contributed by atoms with Crippen molar-refractivity contribution >= 4 is 25.9 Å². The average molecular weight is 223 g/mol. The highest BCUT2D eigenvalue weighted by molar-refractivity contribution is 7.78. The van der Waals surface area contributed by atoms with Crippen molar-refractivity contribution in [1.82, 2.24) is 0 Å². The van der Waals surface area contributed by atoms with Crippen LogP contribution in [0.5, 0.6) is 0 Å².